The summed E-state index contributed by atoms with van der Waals surface area (Å²) < 4.78 is 20.4. The number of fused-ring (bicyclic) bond motifs is 2. The number of hydrogen-bond acceptors (Lipinski definition) is 9. The highest BCUT2D eigenvalue weighted by atomic mass is 35.5. The van der Waals surface area contributed by atoms with E-state index < -0.39 is 11.8 Å². The third-order valence-electron chi connectivity index (χ3n) is 8.17. The molecule has 212 valence electrons. The van der Waals surface area contributed by atoms with Crippen molar-refractivity contribution in [1.82, 2.24) is 29.6 Å². The summed E-state index contributed by atoms with van der Waals surface area (Å²) in [6.07, 6.45) is 4.58. The van der Waals surface area contributed by atoms with Crippen LogP contribution in [0.4, 0.5) is 0 Å². The summed E-state index contributed by atoms with van der Waals surface area (Å²) >= 11 is 6.03. The number of pyridine rings is 1. The first-order valence-electron chi connectivity index (χ1n) is 13.8. The number of carbonyl (C=O) groups is 1. The number of benzene rings is 1. The third-order valence-corrected chi connectivity index (χ3v) is 8.39. The van der Waals surface area contributed by atoms with Crippen LogP contribution in [0.15, 0.2) is 42.6 Å². The molecule has 12 heteroatoms. The number of carboxylic acid groups (broad SMARTS) is 1. The van der Waals surface area contributed by atoms with E-state index in [4.69, 9.17) is 30.8 Å². The second-order valence-electron chi connectivity index (χ2n) is 10.9. The Morgan fingerprint density at radius 2 is 1.98 bits per heavy atom. The predicted molar refractivity (Wildman–Crippen MR) is 148 cm³/mol. The molecule has 0 amide bonds. The molecule has 2 unspecified atom stereocenters. The molecule has 1 aromatic carbocycles. The van der Waals surface area contributed by atoms with E-state index in [0.717, 1.165) is 61.8 Å². The van der Waals surface area contributed by atoms with Crippen LogP contribution < -0.4 is 9.47 Å². The Balaban J connectivity index is 1.07. The molecule has 41 heavy (non-hydrogen) atoms. The Morgan fingerprint density at radius 3 is 2.68 bits per heavy atom. The topological polar surface area (TPSA) is 125 Å². The van der Waals surface area contributed by atoms with E-state index in [0.29, 0.717) is 40.9 Å². The van der Waals surface area contributed by atoms with Gasteiger partial charge in [0.15, 0.2) is 22.8 Å². The molecule has 0 spiro atoms. The van der Waals surface area contributed by atoms with Crippen LogP contribution in [0.2, 0.25) is 5.02 Å². The molecule has 2 fully saturated rings. The van der Waals surface area contributed by atoms with Crippen molar-refractivity contribution >= 4 is 28.7 Å². The van der Waals surface area contributed by atoms with Crippen LogP contribution in [0.3, 0.4) is 0 Å². The van der Waals surface area contributed by atoms with Gasteiger partial charge in [-0.25, -0.2) is 9.78 Å². The zero-order chi connectivity index (χ0) is 28.1. The van der Waals surface area contributed by atoms with E-state index >= 15 is 0 Å². The molecular formula is C29H29ClN6O5. The average Bonchev–Trinajstić information content (AvgIpc) is 3.47. The van der Waals surface area contributed by atoms with Crippen molar-refractivity contribution in [2.45, 2.75) is 57.1 Å². The van der Waals surface area contributed by atoms with E-state index in [2.05, 4.69) is 26.1 Å². The van der Waals surface area contributed by atoms with E-state index in [1.165, 1.54) is 6.07 Å². The average molecular weight is 577 g/mol. The van der Waals surface area contributed by atoms with Crippen molar-refractivity contribution in [3.63, 3.8) is 0 Å². The molecule has 1 N–H and O–H groups in total. The molecule has 0 bridgehead atoms. The van der Waals surface area contributed by atoms with Gasteiger partial charge in [-0.15, -0.1) is 10.2 Å². The molecule has 7 rings (SSSR count). The van der Waals surface area contributed by atoms with Gasteiger partial charge in [0.1, 0.15) is 17.0 Å². The van der Waals surface area contributed by atoms with E-state index in [-0.39, 0.29) is 11.8 Å². The van der Waals surface area contributed by atoms with Gasteiger partial charge in [0.05, 0.1) is 24.2 Å². The van der Waals surface area contributed by atoms with Crippen molar-refractivity contribution in [2.75, 3.05) is 19.7 Å². The normalized spacial score (nSPS) is 22.6. The van der Waals surface area contributed by atoms with Gasteiger partial charge < -0.3 is 23.9 Å². The Hall–Kier alpha value is -3.80. The minimum atomic E-state index is -1.12. The minimum absolute atomic E-state index is 0.106. The Kier molecular flexibility index (Phi) is 6.52. The lowest BCUT2D eigenvalue weighted by Crippen LogP contribution is -2.35. The molecule has 0 saturated carbocycles. The minimum Gasteiger partial charge on any atom is -0.476 e. The molecule has 11 nitrogen and oxygen atoms in total. The van der Waals surface area contributed by atoms with Crippen molar-refractivity contribution in [1.29, 1.82) is 0 Å². The highest BCUT2D eigenvalue weighted by Crippen LogP contribution is 2.49. The van der Waals surface area contributed by atoms with Crippen LogP contribution in [0.1, 0.15) is 59.7 Å². The number of aromatic nitrogens is 5. The second kappa shape index (κ2) is 10.2. The number of rotatable bonds is 7. The summed E-state index contributed by atoms with van der Waals surface area (Å²) in [6, 6.07) is 11.2. The quantitative estimate of drug-likeness (QED) is 0.339. The molecule has 3 aromatic heterocycles. The number of hydrogen-bond donors (Lipinski definition) is 1. The van der Waals surface area contributed by atoms with Gasteiger partial charge in [-0.2, -0.15) is 0 Å². The monoisotopic (exact) mass is 576 g/mol. The van der Waals surface area contributed by atoms with Gasteiger partial charge >= 0.3 is 5.97 Å². The van der Waals surface area contributed by atoms with Crippen molar-refractivity contribution in [2.24, 2.45) is 0 Å². The summed E-state index contributed by atoms with van der Waals surface area (Å²) in [5.41, 5.74) is 2.82. The molecular weight excluding hydrogens is 548 g/mol. The zero-order valence-corrected chi connectivity index (χ0v) is 23.3. The maximum Gasteiger partial charge on any atom is 0.356 e. The van der Waals surface area contributed by atoms with Crippen LogP contribution in [-0.2, 0) is 23.6 Å². The SMILES string of the molecule is CC1(c2ccc(Cl)cn2)Oc2cccc(C3CCN(Cc4nc5cc(C(=O)O)nnc5n4CC4CCO4)CC3)c2O1. The van der Waals surface area contributed by atoms with Crippen molar-refractivity contribution < 1.29 is 24.1 Å². The highest BCUT2D eigenvalue weighted by Gasteiger charge is 2.42. The fourth-order valence-electron chi connectivity index (χ4n) is 5.84. The molecule has 2 saturated heterocycles. The highest BCUT2D eigenvalue weighted by molar-refractivity contribution is 6.30. The van der Waals surface area contributed by atoms with Gasteiger partial charge in [-0.05, 0) is 56.5 Å². The number of likely N-dealkylation sites (tertiary alicyclic amines) is 1. The second-order valence-corrected chi connectivity index (χ2v) is 11.3. The number of ether oxygens (including phenoxy) is 3. The molecule has 3 aliphatic rings. The summed E-state index contributed by atoms with van der Waals surface area (Å²) in [6.45, 7) is 5.63. The molecule has 2 atom stereocenters. The fraction of sp³-hybridized carbons (Fsp3) is 0.414. The summed E-state index contributed by atoms with van der Waals surface area (Å²) in [5, 5.41) is 18.0. The third kappa shape index (κ3) is 4.87. The van der Waals surface area contributed by atoms with Gasteiger partial charge in [0.25, 0.3) is 5.79 Å². The molecule has 6 heterocycles. The number of aromatic carboxylic acids is 1. The van der Waals surface area contributed by atoms with E-state index in [9.17, 15) is 9.90 Å². The lowest BCUT2D eigenvalue weighted by molar-refractivity contribution is -0.0722. The maximum absolute atomic E-state index is 11.4. The van der Waals surface area contributed by atoms with Gasteiger partial charge in [-0.3, -0.25) is 9.88 Å². The van der Waals surface area contributed by atoms with E-state index in [1.807, 2.05) is 29.7 Å². The smallest absolute Gasteiger partial charge is 0.356 e. The first kappa shape index (κ1) is 26.1. The number of para-hydroxylation sites is 1. The van der Waals surface area contributed by atoms with Crippen molar-refractivity contribution in [3.8, 4) is 11.5 Å². The van der Waals surface area contributed by atoms with Gasteiger partial charge in [0.2, 0.25) is 0 Å². The Bertz CT molecular complexity index is 1620. The number of nitrogens with zero attached hydrogens (tertiary/aromatic N) is 6. The largest absolute Gasteiger partial charge is 0.476 e. The van der Waals surface area contributed by atoms with Crippen LogP contribution >= 0.6 is 11.6 Å². The fourth-order valence-corrected chi connectivity index (χ4v) is 5.95. The van der Waals surface area contributed by atoms with Crippen LogP contribution in [-0.4, -0.2) is 66.5 Å². The van der Waals surface area contributed by atoms with Gasteiger partial charge in [-0.1, -0.05) is 23.7 Å². The number of imidazole rings is 1. The Morgan fingerprint density at radius 1 is 1.15 bits per heavy atom. The molecule has 0 radical (unpaired) electrons. The molecule has 0 aliphatic carbocycles. The first-order valence-corrected chi connectivity index (χ1v) is 14.2. The lowest BCUT2D eigenvalue weighted by Gasteiger charge is -2.33. The number of carboxylic acids is 1. The van der Waals surface area contributed by atoms with Crippen LogP contribution in [0.5, 0.6) is 11.5 Å². The van der Waals surface area contributed by atoms with Crippen molar-refractivity contribution in [3.05, 3.63) is 70.4 Å². The standard InChI is InChI=1S/C29H29ClN6O5/c1-29(24-6-5-18(30)14-31-24)40-23-4-2-3-20(26(23)41-29)17-7-10-35(11-8-17)16-25-32-21-13-22(28(37)38)33-34-27(21)36(25)15-19-9-12-39-19/h2-6,13-14,17,19H,7-12,15-16H2,1H3,(H,37,38). The molecule has 4 aromatic rings. The van der Waals surface area contributed by atoms with Crippen LogP contribution in [0.25, 0.3) is 11.2 Å². The summed E-state index contributed by atoms with van der Waals surface area (Å²) in [4.78, 5) is 23.0. The van der Waals surface area contributed by atoms with Gasteiger partial charge in [0, 0.05) is 31.4 Å². The first-order chi connectivity index (χ1) is 19.9. The summed E-state index contributed by atoms with van der Waals surface area (Å²) in [5.74, 6) is 0.520. The Labute approximate surface area is 241 Å². The predicted octanol–water partition coefficient (Wildman–Crippen LogP) is 4.39. The van der Waals surface area contributed by atoms with E-state index in [1.54, 1.807) is 12.3 Å². The van der Waals surface area contributed by atoms with Crippen LogP contribution in [0, 0.1) is 0 Å². The number of halogens is 1. The number of piperidine rings is 1. The maximum atomic E-state index is 11.4. The zero-order valence-electron chi connectivity index (χ0n) is 22.5. The summed E-state index contributed by atoms with van der Waals surface area (Å²) in [7, 11) is 0. The lowest BCUT2D eigenvalue weighted by atomic mass is 9.88. The molecule has 3 aliphatic heterocycles.